The first-order chi connectivity index (χ1) is 7.93. The van der Waals surface area contributed by atoms with Gasteiger partial charge in [-0.25, -0.2) is 4.79 Å². The zero-order chi connectivity index (χ0) is 13.0. The average Bonchev–Trinajstić information content (AvgIpc) is 2.26. The van der Waals surface area contributed by atoms with Gasteiger partial charge in [-0.15, -0.1) is 0 Å². The van der Waals surface area contributed by atoms with E-state index in [0.717, 1.165) is 0 Å². The van der Waals surface area contributed by atoms with Gasteiger partial charge in [0.1, 0.15) is 17.4 Å². The Balaban J connectivity index is 2.79. The van der Waals surface area contributed by atoms with E-state index in [-0.39, 0.29) is 5.91 Å². The maximum absolute atomic E-state index is 11.8. The second-order valence-corrected chi connectivity index (χ2v) is 3.76. The van der Waals surface area contributed by atoms with Crippen molar-refractivity contribution in [3.8, 4) is 0 Å². The molecule has 17 heavy (non-hydrogen) atoms. The Kier molecular flexibility index (Phi) is 4.19. The van der Waals surface area contributed by atoms with E-state index >= 15 is 0 Å². The van der Waals surface area contributed by atoms with E-state index in [1.165, 1.54) is 7.11 Å². The summed E-state index contributed by atoms with van der Waals surface area (Å²) >= 11 is 0. The van der Waals surface area contributed by atoms with Crippen molar-refractivity contribution < 1.29 is 25.8 Å². The second-order valence-electron chi connectivity index (χ2n) is 3.76. The number of rotatable bonds is 3. The average molecular weight is 239 g/mol. The number of ether oxygens (including phenoxy) is 1. The standard InChI is InChI=1S/C11H15N3O3/c1-6(11(16)17-2)14-10(15)7-3-8(12)5-9(13)4-7/h3-6H,12-13H2,1-2H3,(H,14,15)/p+2/t6-/m0/s1. The lowest BCUT2D eigenvalue weighted by Crippen LogP contribution is -2.45. The molecule has 0 aromatic heterocycles. The molecule has 6 nitrogen and oxygen atoms in total. The maximum atomic E-state index is 11.8. The molecule has 6 heteroatoms. The molecule has 0 unspecified atom stereocenters. The van der Waals surface area contributed by atoms with Gasteiger partial charge in [-0.1, -0.05) is 0 Å². The van der Waals surface area contributed by atoms with Gasteiger partial charge in [-0.3, -0.25) is 4.79 Å². The highest BCUT2D eigenvalue weighted by Gasteiger charge is 2.17. The Bertz CT molecular complexity index is 425. The van der Waals surface area contributed by atoms with Crippen LogP contribution in [0.25, 0.3) is 0 Å². The van der Waals surface area contributed by atoms with Crippen LogP contribution in [0, 0.1) is 0 Å². The number of methoxy groups -OCH3 is 1. The van der Waals surface area contributed by atoms with Crippen molar-refractivity contribution in [1.82, 2.24) is 5.32 Å². The summed E-state index contributed by atoms with van der Waals surface area (Å²) in [4.78, 5) is 23.0. The third kappa shape index (κ3) is 3.54. The first kappa shape index (κ1) is 13.1. The van der Waals surface area contributed by atoms with Gasteiger partial charge in [0.2, 0.25) is 0 Å². The Morgan fingerprint density at radius 1 is 1.24 bits per heavy atom. The summed E-state index contributed by atoms with van der Waals surface area (Å²) in [5.41, 5.74) is 9.32. The first-order valence-electron chi connectivity index (χ1n) is 5.11. The molecule has 0 bridgehead atoms. The fourth-order valence-electron chi connectivity index (χ4n) is 1.41. The highest BCUT2D eigenvalue weighted by atomic mass is 16.5. The van der Waals surface area contributed by atoms with Crippen molar-refractivity contribution in [3.05, 3.63) is 23.8 Å². The highest BCUT2D eigenvalue weighted by Crippen LogP contribution is 2.11. The van der Waals surface area contributed by atoms with Gasteiger partial charge in [0.15, 0.2) is 0 Å². The van der Waals surface area contributed by atoms with E-state index in [1.807, 2.05) is 0 Å². The lowest BCUT2D eigenvalue weighted by atomic mass is 10.1. The number of carbonyl (C=O) groups is 2. The van der Waals surface area contributed by atoms with E-state index in [1.54, 1.807) is 25.1 Å². The quantitative estimate of drug-likeness (QED) is 0.571. The first-order valence-corrected chi connectivity index (χ1v) is 5.11. The molecule has 0 radical (unpaired) electrons. The van der Waals surface area contributed by atoms with Crippen molar-refractivity contribution in [2.45, 2.75) is 13.0 Å². The van der Waals surface area contributed by atoms with E-state index in [4.69, 9.17) is 0 Å². The summed E-state index contributed by atoms with van der Waals surface area (Å²) in [5, 5.41) is 2.53. The fraction of sp³-hybridized carbons (Fsp3) is 0.273. The van der Waals surface area contributed by atoms with Gasteiger partial charge >= 0.3 is 5.97 Å². The summed E-state index contributed by atoms with van der Waals surface area (Å²) in [6, 6.07) is 4.34. The molecule has 1 aromatic carbocycles. The molecule has 0 aliphatic rings. The number of carbonyl (C=O) groups excluding carboxylic acids is 2. The molecule has 0 saturated carbocycles. The van der Waals surface area contributed by atoms with Gasteiger partial charge in [0, 0.05) is 12.1 Å². The minimum Gasteiger partial charge on any atom is -0.467 e. The lowest BCUT2D eigenvalue weighted by Gasteiger charge is -2.11. The predicted octanol–water partition coefficient (Wildman–Crippen LogP) is -1.28. The summed E-state index contributed by atoms with van der Waals surface area (Å²) < 4.78 is 4.52. The van der Waals surface area contributed by atoms with Crippen LogP contribution in [0.2, 0.25) is 0 Å². The lowest BCUT2D eigenvalue weighted by molar-refractivity contribution is -0.265. The van der Waals surface area contributed by atoms with E-state index in [0.29, 0.717) is 16.9 Å². The number of hydrogen-bond acceptors (Lipinski definition) is 3. The molecular formula is C11H17N3O3+2. The largest absolute Gasteiger partial charge is 0.467 e. The van der Waals surface area contributed by atoms with Crippen LogP contribution < -0.4 is 16.8 Å². The molecule has 1 atom stereocenters. The number of quaternary nitrogens is 2. The molecular weight excluding hydrogens is 222 g/mol. The van der Waals surface area contributed by atoms with Crippen molar-refractivity contribution in [1.29, 1.82) is 0 Å². The van der Waals surface area contributed by atoms with Gasteiger partial charge in [0.25, 0.3) is 5.91 Å². The fourth-order valence-corrected chi connectivity index (χ4v) is 1.41. The second kappa shape index (κ2) is 5.42. The van der Waals surface area contributed by atoms with Crippen LogP contribution in [0.5, 0.6) is 0 Å². The minimum absolute atomic E-state index is 0.349. The van der Waals surface area contributed by atoms with Gasteiger partial charge in [-0.05, 0) is 6.92 Å². The van der Waals surface area contributed by atoms with Crippen LogP contribution in [0.4, 0.5) is 11.4 Å². The summed E-state index contributed by atoms with van der Waals surface area (Å²) in [7, 11) is 1.27. The van der Waals surface area contributed by atoms with Crippen LogP contribution >= 0.6 is 0 Å². The minimum atomic E-state index is -0.686. The number of hydrogen-bond donors (Lipinski definition) is 3. The number of benzene rings is 1. The summed E-state index contributed by atoms with van der Waals surface area (Å²) in [6.45, 7) is 1.56. The SMILES string of the molecule is COC(=O)[C@H](C)NC(=O)c1cc([NH3+])cc([NH3+])c1. The van der Waals surface area contributed by atoms with E-state index in [9.17, 15) is 9.59 Å². The zero-order valence-corrected chi connectivity index (χ0v) is 9.95. The van der Waals surface area contributed by atoms with Crippen molar-refractivity contribution in [2.24, 2.45) is 0 Å². The molecule has 1 rings (SSSR count). The number of esters is 1. The van der Waals surface area contributed by atoms with Crippen LogP contribution in [0.1, 0.15) is 17.3 Å². The molecule has 92 valence electrons. The van der Waals surface area contributed by atoms with Gasteiger partial charge in [0.05, 0.1) is 18.7 Å². The molecule has 7 N–H and O–H groups in total. The molecule has 0 aliphatic heterocycles. The summed E-state index contributed by atoms with van der Waals surface area (Å²) in [5.74, 6) is -0.836. The van der Waals surface area contributed by atoms with Gasteiger partial charge < -0.3 is 21.5 Å². The van der Waals surface area contributed by atoms with Crippen molar-refractivity contribution >= 4 is 23.3 Å². The van der Waals surface area contributed by atoms with Crippen molar-refractivity contribution in [2.75, 3.05) is 7.11 Å². The Morgan fingerprint density at radius 2 is 1.76 bits per heavy atom. The normalized spacial score (nSPS) is 11.8. The molecule has 1 aromatic rings. The topological polar surface area (TPSA) is 111 Å². The predicted molar refractivity (Wildman–Crippen MR) is 60.5 cm³/mol. The Labute approximate surface area is 98.9 Å². The van der Waals surface area contributed by atoms with Crippen LogP contribution in [0.3, 0.4) is 0 Å². The maximum Gasteiger partial charge on any atom is 0.328 e. The van der Waals surface area contributed by atoms with Crippen LogP contribution in [0.15, 0.2) is 18.2 Å². The molecule has 0 spiro atoms. The number of amides is 1. The van der Waals surface area contributed by atoms with E-state index < -0.39 is 12.0 Å². The Hall–Kier alpha value is -1.92. The third-order valence-corrected chi connectivity index (χ3v) is 2.22. The van der Waals surface area contributed by atoms with Crippen molar-refractivity contribution in [3.63, 3.8) is 0 Å². The van der Waals surface area contributed by atoms with E-state index in [2.05, 4.69) is 21.5 Å². The van der Waals surface area contributed by atoms with Crippen LogP contribution in [-0.4, -0.2) is 25.0 Å². The number of nitrogens with one attached hydrogen (secondary N) is 1. The molecule has 0 heterocycles. The highest BCUT2D eigenvalue weighted by molar-refractivity contribution is 5.97. The molecule has 0 fully saturated rings. The Morgan fingerprint density at radius 3 is 2.24 bits per heavy atom. The monoisotopic (exact) mass is 239 g/mol. The zero-order valence-electron chi connectivity index (χ0n) is 9.95. The third-order valence-electron chi connectivity index (χ3n) is 2.22. The van der Waals surface area contributed by atoms with Crippen LogP contribution in [-0.2, 0) is 9.53 Å². The smallest absolute Gasteiger partial charge is 0.328 e. The molecule has 0 saturated heterocycles. The summed E-state index contributed by atoms with van der Waals surface area (Å²) in [6.07, 6.45) is 0. The molecule has 1 amide bonds. The van der Waals surface area contributed by atoms with Gasteiger partial charge in [-0.2, -0.15) is 0 Å². The molecule has 0 aliphatic carbocycles.